The Balaban J connectivity index is 2.27. The average molecular weight is 267 g/mol. The van der Waals surface area contributed by atoms with E-state index in [1.807, 2.05) is 0 Å². The molecule has 2 rings (SSSR count). The molecule has 1 aromatic carbocycles. The summed E-state index contributed by atoms with van der Waals surface area (Å²) < 4.78 is 0. The second-order valence-electron chi connectivity index (χ2n) is 3.71. The van der Waals surface area contributed by atoms with Crippen LogP contribution in [-0.2, 0) is 9.59 Å². The number of amides is 1. The summed E-state index contributed by atoms with van der Waals surface area (Å²) in [5, 5.41) is 19.3. The fourth-order valence-electron chi connectivity index (χ4n) is 1.58. The zero-order valence-electron chi connectivity index (χ0n) is 9.04. The molecule has 0 aromatic heterocycles. The topological polar surface area (TPSA) is 104 Å². The molecule has 1 amide bonds. The van der Waals surface area contributed by atoms with E-state index in [0.29, 0.717) is 10.6 Å². The van der Waals surface area contributed by atoms with Crippen molar-refractivity contribution in [1.82, 2.24) is 0 Å². The van der Waals surface area contributed by atoms with E-state index in [1.54, 1.807) is 6.07 Å². The van der Waals surface area contributed by atoms with Crippen molar-refractivity contribution in [3.63, 3.8) is 0 Å². The van der Waals surface area contributed by atoms with Crippen LogP contribution in [0.4, 0.5) is 5.69 Å². The Hall–Kier alpha value is -2.02. The van der Waals surface area contributed by atoms with Gasteiger partial charge < -0.3 is 15.5 Å². The normalized spacial score (nSPS) is 17.8. The van der Waals surface area contributed by atoms with Crippen LogP contribution in [0.15, 0.2) is 23.1 Å². The van der Waals surface area contributed by atoms with Crippen LogP contribution in [0.3, 0.4) is 0 Å². The molecule has 94 valence electrons. The number of fused-ring (bicyclic) bond motifs is 1. The third kappa shape index (κ3) is 2.45. The van der Waals surface area contributed by atoms with Crippen LogP contribution in [0, 0.1) is 0 Å². The van der Waals surface area contributed by atoms with Crippen LogP contribution in [0.2, 0.25) is 0 Å². The summed E-state index contributed by atoms with van der Waals surface area (Å²) in [4.78, 5) is 33.7. The molecule has 1 aromatic rings. The van der Waals surface area contributed by atoms with E-state index in [0.717, 1.165) is 11.8 Å². The molecular formula is C11H9NO5S. The third-order valence-corrected chi connectivity index (χ3v) is 3.68. The van der Waals surface area contributed by atoms with Crippen LogP contribution in [0.25, 0.3) is 0 Å². The highest BCUT2D eigenvalue weighted by atomic mass is 32.2. The van der Waals surface area contributed by atoms with Gasteiger partial charge in [0, 0.05) is 4.90 Å². The number of carboxylic acid groups (broad SMARTS) is 2. The zero-order valence-corrected chi connectivity index (χ0v) is 9.86. The van der Waals surface area contributed by atoms with Gasteiger partial charge in [-0.05, 0) is 18.2 Å². The quantitative estimate of drug-likeness (QED) is 0.762. The Labute approximate surface area is 106 Å². The smallest absolute Gasteiger partial charge is 0.335 e. The van der Waals surface area contributed by atoms with E-state index in [4.69, 9.17) is 10.2 Å². The Morgan fingerprint density at radius 2 is 2.06 bits per heavy atom. The maximum Gasteiger partial charge on any atom is 0.335 e. The minimum atomic E-state index is -1.08. The minimum absolute atomic E-state index is 0.0753. The molecule has 1 aliphatic rings. The van der Waals surface area contributed by atoms with Crippen molar-refractivity contribution in [3.8, 4) is 0 Å². The minimum Gasteiger partial charge on any atom is -0.481 e. The molecule has 1 heterocycles. The summed E-state index contributed by atoms with van der Waals surface area (Å²) in [7, 11) is 0. The molecule has 3 N–H and O–H groups in total. The van der Waals surface area contributed by atoms with Crippen molar-refractivity contribution in [2.75, 3.05) is 5.32 Å². The van der Waals surface area contributed by atoms with Crippen LogP contribution in [0.1, 0.15) is 16.8 Å². The maximum atomic E-state index is 11.6. The first-order chi connectivity index (χ1) is 8.47. The molecule has 0 saturated heterocycles. The molecule has 0 fully saturated rings. The first-order valence-corrected chi connectivity index (χ1v) is 5.92. The van der Waals surface area contributed by atoms with Gasteiger partial charge in [-0.3, -0.25) is 9.59 Å². The molecule has 0 saturated carbocycles. The predicted molar refractivity (Wildman–Crippen MR) is 63.9 cm³/mol. The lowest BCUT2D eigenvalue weighted by Gasteiger charge is -2.23. The van der Waals surface area contributed by atoms with E-state index in [1.165, 1.54) is 12.1 Å². The number of aliphatic carboxylic acids is 1. The first kappa shape index (κ1) is 12.4. The van der Waals surface area contributed by atoms with Crippen molar-refractivity contribution >= 4 is 35.3 Å². The van der Waals surface area contributed by atoms with Crippen LogP contribution >= 0.6 is 11.8 Å². The van der Waals surface area contributed by atoms with Crippen molar-refractivity contribution in [2.24, 2.45) is 0 Å². The van der Waals surface area contributed by atoms with E-state index >= 15 is 0 Å². The second-order valence-corrected chi connectivity index (χ2v) is 4.95. The Bertz CT molecular complexity index is 542. The molecule has 0 spiro atoms. The molecular weight excluding hydrogens is 258 g/mol. The molecule has 0 bridgehead atoms. The number of thioether (sulfide) groups is 1. The summed E-state index contributed by atoms with van der Waals surface area (Å²) in [6.07, 6.45) is -0.267. The largest absolute Gasteiger partial charge is 0.481 e. The van der Waals surface area contributed by atoms with E-state index in [-0.39, 0.29) is 12.0 Å². The molecule has 1 atom stereocenters. The molecule has 0 aliphatic carbocycles. The fraction of sp³-hybridized carbons (Fsp3) is 0.182. The number of hydrogen-bond donors (Lipinski definition) is 3. The summed E-state index contributed by atoms with van der Waals surface area (Å²) in [5.41, 5.74) is 0.484. The van der Waals surface area contributed by atoms with E-state index in [2.05, 4.69) is 5.32 Å². The van der Waals surface area contributed by atoms with Crippen LogP contribution in [0.5, 0.6) is 0 Å². The second kappa shape index (κ2) is 4.69. The van der Waals surface area contributed by atoms with Crippen molar-refractivity contribution < 1.29 is 24.6 Å². The Kier molecular flexibility index (Phi) is 3.24. The highest BCUT2D eigenvalue weighted by molar-refractivity contribution is 8.01. The highest BCUT2D eigenvalue weighted by Gasteiger charge is 2.29. The van der Waals surface area contributed by atoms with Gasteiger partial charge in [-0.25, -0.2) is 4.79 Å². The summed E-state index contributed by atoms with van der Waals surface area (Å²) in [5.74, 6) is -2.55. The number of carbonyl (C=O) groups excluding carboxylic acids is 1. The molecule has 1 aliphatic heterocycles. The fourth-order valence-corrected chi connectivity index (χ4v) is 2.66. The van der Waals surface area contributed by atoms with E-state index in [9.17, 15) is 14.4 Å². The molecule has 6 nitrogen and oxygen atoms in total. The van der Waals surface area contributed by atoms with Gasteiger partial charge in [0.05, 0.1) is 22.9 Å². The van der Waals surface area contributed by atoms with Gasteiger partial charge in [-0.2, -0.15) is 0 Å². The van der Waals surface area contributed by atoms with Crippen LogP contribution in [-0.4, -0.2) is 33.3 Å². The lowest BCUT2D eigenvalue weighted by Crippen LogP contribution is -2.31. The molecule has 1 unspecified atom stereocenters. The summed E-state index contributed by atoms with van der Waals surface area (Å²) in [6.45, 7) is 0. The van der Waals surface area contributed by atoms with Gasteiger partial charge in [-0.1, -0.05) is 0 Å². The number of hydrogen-bond acceptors (Lipinski definition) is 4. The monoisotopic (exact) mass is 267 g/mol. The van der Waals surface area contributed by atoms with Crippen LogP contribution < -0.4 is 5.32 Å². The van der Waals surface area contributed by atoms with Gasteiger partial charge in [-0.15, -0.1) is 11.8 Å². The van der Waals surface area contributed by atoms with Gasteiger partial charge in [0.25, 0.3) is 0 Å². The molecule has 18 heavy (non-hydrogen) atoms. The Morgan fingerprint density at radius 3 is 2.67 bits per heavy atom. The number of carboxylic acids is 2. The van der Waals surface area contributed by atoms with Gasteiger partial charge in [0.2, 0.25) is 5.91 Å². The zero-order chi connectivity index (χ0) is 13.3. The molecule has 7 heteroatoms. The number of anilines is 1. The molecule has 0 radical (unpaired) electrons. The van der Waals surface area contributed by atoms with Gasteiger partial charge in [0.1, 0.15) is 0 Å². The number of aromatic carboxylic acids is 1. The highest BCUT2D eigenvalue weighted by Crippen LogP contribution is 2.37. The Morgan fingerprint density at radius 1 is 1.33 bits per heavy atom. The number of benzene rings is 1. The average Bonchev–Trinajstić information content (AvgIpc) is 2.28. The van der Waals surface area contributed by atoms with E-state index < -0.39 is 23.1 Å². The third-order valence-electron chi connectivity index (χ3n) is 2.41. The maximum absolute atomic E-state index is 11.6. The summed E-state index contributed by atoms with van der Waals surface area (Å²) in [6, 6.07) is 4.35. The van der Waals surface area contributed by atoms with Gasteiger partial charge >= 0.3 is 11.9 Å². The number of rotatable bonds is 3. The summed E-state index contributed by atoms with van der Waals surface area (Å²) >= 11 is 1.13. The van der Waals surface area contributed by atoms with Crippen molar-refractivity contribution in [2.45, 2.75) is 16.6 Å². The van der Waals surface area contributed by atoms with Crippen molar-refractivity contribution in [1.29, 1.82) is 0 Å². The van der Waals surface area contributed by atoms with Gasteiger partial charge in [0.15, 0.2) is 0 Å². The number of carbonyl (C=O) groups is 3. The SMILES string of the molecule is O=C(O)CC1Sc2ccc(C(=O)O)cc2NC1=O. The first-order valence-electron chi connectivity index (χ1n) is 5.04. The van der Waals surface area contributed by atoms with Crippen molar-refractivity contribution in [3.05, 3.63) is 23.8 Å². The number of nitrogens with one attached hydrogen (secondary N) is 1. The lowest BCUT2D eigenvalue weighted by molar-refractivity contribution is -0.138. The standard InChI is InChI=1S/C11H9NO5S/c13-9(14)4-8-10(15)12-6-3-5(11(16)17)1-2-7(6)18-8/h1-3,8H,4H2,(H,12,15)(H,13,14)(H,16,17). The predicted octanol–water partition coefficient (Wildman–Crippen LogP) is 1.27. The lowest BCUT2D eigenvalue weighted by atomic mass is 10.2.